The maximum Gasteiger partial charge on any atom is 0.191 e. The predicted octanol–water partition coefficient (Wildman–Crippen LogP) is 2.78. The highest BCUT2D eigenvalue weighted by molar-refractivity contribution is 6.73. The molecule has 0 aliphatic carbocycles. The van der Waals surface area contributed by atoms with Crippen molar-refractivity contribution in [3.05, 3.63) is 0 Å². The molecule has 0 spiro atoms. The van der Waals surface area contributed by atoms with Crippen LogP contribution in [0.2, 0.25) is 18.1 Å². The lowest BCUT2D eigenvalue weighted by atomic mass is 10.3. The van der Waals surface area contributed by atoms with Crippen LogP contribution in [0.25, 0.3) is 0 Å². The van der Waals surface area contributed by atoms with E-state index in [4.69, 9.17) is 9.53 Å². The van der Waals surface area contributed by atoms with E-state index in [2.05, 4.69) is 20.8 Å². The first kappa shape index (κ1) is 13.1. The van der Waals surface area contributed by atoms with Crippen molar-refractivity contribution in [2.45, 2.75) is 58.4 Å². The quantitative estimate of drug-likeness (QED) is 0.646. The highest BCUT2D eigenvalue weighted by atomic mass is 28.4. The van der Waals surface area contributed by atoms with Crippen molar-refractivity contribution < 1.29 is 9.53 Å². The molecular formula is C10H24O2Si. The topological polar surface area (TPSA) is 29.5 Å². The molecule has 1 atom stereocenters. The zero-order valence-corrected chi connectivity index (χ0v) is 10.5. The van der Waals surface area contributed by atoms with Crippen molar-refractivity contribution in [1.82, 2.24) is 0 Å². The molecule has 0 rings (SSSR count). The summed E-state index contributed by atoms with van der Waals surface area (Å²) >= 11 is 0. The molecule has 0 bridgehead atoms. The zero-order chi connectivity index (χ0) is 10.3. The summed E-state index contributed by atoms with van der Waals surface area (Å²) in [6.07, 6.45) is 0.548. The number of hydrogen-bond donors (Lipinski definition) is 1. The molecule has 0 fully saturated rings. The van der Waals surface area contributed by atoms with E-state index in [0.29, 0.717) is 0 Å². The first-order valence-corrected chi connectivity index (χ1v) is 7.95. The standard InChI is InChI=1S/C10H24O2Si/c1-5-13(6-2,7-3)12-9-8-10(4)11/h10-11H,5-9H2,1-4H3. The summed E-state index contributed by atoms with van der Waals surface area (Å²) in [6, 6.07) is 3.58. The molecule has 80 valence electrons. The minimum atomic E-state index is -1.40. The van der Waals surface area contributed by atoms with Gasteiger partial charge in [-0.1, -0.05) is 20.8 Å². The van der Waals surface area contributed by atoms with E-state index < -0.39 is 8.32 Å². The summed E-state index contributed by atoms with van der Waals surface area (Å²) in [7, 11) is -1.40. The van der Waals surface area contributed by atoms with Crippen LogP contribution in [-0.4, -0.2) is 26.1 Å². The fraction of sp³-hybridized carbons (Fsp3) is 1.00. The highest BCUT2D eigenvalue weighted by Crippen LogP contribution is 2.21. The normalized spacial score (nSPS) is 14.5. The Labute approximate surface area is 83.4 Å². The Morgan fingerprint density at radius 1 is 1.15 bits per heavy atom. The summed E-state index contributed by atoms with van der Waals surface area (Å²) in [6.45, 7) is 9.22. The van der Waals surface area contributed by atoms with Gasteiger partial charge in [-0.05, 0) is 31.5 Å². The minimum absolute atomic E-state index is 0.225. The first-order valence-electron chi connectivity index (χ1n) is 5.42. The third kappa shape index (κ3) is 4.79. The van der Waals surface area contributed by atoms with Crippen LogP contribution in [0, 0.1) is 0 Å². The third-order valence-corrected chi connectivity index (χ3v) is 7.56. The molecular weight excluding hydrogens is 180 g/mol. The lowest BCUT2D eigenvalue weighted by Crippen LogP contribution is -2.36. The molecule has 3 heteroatoms. The monoisotopic (exact) mass is 204 g/mol. The maximum atomic E-state index is 9.10. The molecule has 0 aromatic carbocycles. The van der Waals surface area contributed by atoms with Gasteiger partial charge in [-0.25, -0.2) is 0 Å². The molecule has 0 heterocycles. The van der Waals surface area contributed by atoms with E-state index in [1.54, 1.807) is 0 Å². The summed E-state index contributed by atoms with van der Waals surface area (Å²) in [4.78, 5) is 0. The van der Waals surface area contributed by atoms with Gasteiger partial charge >= 0.3 is 0 Å². The molecule has 0 aliphatic heterocycles. The minimum Gasteiger partial charge on any atom is -0.417 e. The highest BCUT2D eigenvalue weighted by Gasteiger charge is 2.28. The van der Waals surface area contributed by atoms with Crippen molar-refractivity contribution >= 4 is 8.32 Å². The number of aliphatic hydroxyl groups is 1. The Hall–Kier alpha value is 0.137. The Morgan fingerprint density at radius 2 is 1.62 bits per heavy atom. The van der Waals surface area contributed by atoms with Gasteiger partial charge in [0.1, 0.15) is 0 Å². The number of rotatable bonds is 7. The molecule has 1 unspecified atom stereocenters. The Morgan fingerprint density at radius 3 is 1.92 bits per heavy atom. The average Bonchev–Trinajstić information content (AvgIpc) is 2.13. The number of aliphatic hydroxyl groups excluding tert-OH is 1. The molecule has 0 radical (unpaired) electrons. The zero-order valence-electron chi connectivity index (χ0n) is 9.47. The van der Waals surface area contributed by atoms with Crippen molar-refractivity contribution in [2.75, 3.05) is 6.61 Å². The predicted molar refractivity (Wildman–Crippen MR) is 59.4 cm³/mol. The lowest BCUT2D eigenvalue weighted by molar-refractivity contribution is 0.152. The van der Waals surface area contributed by atoms with Gasteiger partial charge in [-0.15, -0.1) is 0 Å². The second kappa shape index (κ2) is 6.57. The van der Waals surface area contributed by atoms with E-state index in [0.717, 1.165) is 13.0 Å². The second-order valence-electron chi connectivity index (χ2n) is 3.73. The Balaban J connectivity index is 3.81. The molecule has 0 aromatic heterocycles. The van der Waals surface area contributed by atoms with Gasteiger partial charge in [-0.3, -0.25) is 0 Å². The fourth-order valence-corrected chi connectivity index (χ4v) is 4.17. The van der Waals surface area contributed by atoms with Gasteiger partial charge in [0.15, 0.2) is 8.32 Å². The molecule has 0 saturated carbocycles. The maximum absolute atomic E-state index is 9.10. The summed E-state index contributed by atoms with van der Waals surface area (Å²) < 4.78 is 5.97. The van der Waals surface area contributed by atoms with E-state index in [9.17, 15) is 0 Å². The molecule has 0 aromatic rings. The van der Waals surface area contributed by atoms with Crippen LogP contribution in [0.1, 0.15) is 34.1 Å². The molecule has 2 nitrogen and oxygen atoms in total. The summed E-state index contributed by atoms with van der Waals surface area (Å²) in [5.41, 5.74) is 0. The van der Waals surface area contributed by atoms with Gasteiger partial charge in [0.25, 0.3) is 0 Å². The summed E-state index contributed by atoms with van der Waals surface area (Å²) in [5, 5.41) is 9.10. The average molecular weight is 204 g/mol. The van der Waals surface area contributed by atoms with Gasteiger partial charge in [0, 0.05) is 6.61 Å². The fourth-order valence-electron chi connectivity index (χ4n) is 1.50. The first-order chi connectivity index (χ1) is 6.10. The van der Waals surface area contributed by atoms with E-state index in [-0.39, 0.29) is 6.10 Å². The van der Waals surface area contributed by atoms with Gasteiger partial charge in [0.2, 0.25) is 0 Å². The van der Waals surface area contributed by atoms with Gasteiger partial charge < -0.3 is 9.53 Å². The molecule has 0 amide bonds. The van der Waals surface area contributed by atoms with Crippen LogP contribution in [-0.2, 0) is 4.43 Å². The van der Waals surface area contributed by atoms with Crippen molar-refractivity contribution in [2.24, 2.45) is 0 Å². The second-order valence-corrected chi connectivity index (χ2v) is 8.51. The van der Waals surface area contributed by atoms with Gasteiger partial charge in [-0.2, -0.15) is 0 Å². The van der Waals surface area contributed by atoms with Crippen LogP contribution in [0.15, 0.2) is 0 Å². The summed E-state index contributed by atoms with van der Waals surface area (Å²) in [5.74, 6) is 0. The van der Waals surface area contributed by atoms with Gasteiger partial charge in [0.05, 0.1) is 6.10 Å². The Bertz CT molecular complexity index is 114. The van der Waals surface area contributed by atoms with Crippen LogP contribution in [0.4, 0.5) is 0 Å². The molecule has 0 aliphatic rings. The largest absolute Gasteiger partial charge is 0.417 e. The van der Waals surface area contributed by atoms with Crippen molar-refractivity contribution in [1.29, 1.82) is 0 Å². The van der Waals surface area contributed by atoms with Crippen LogP contribution < -0.4 is 0 Å². The molecule has 13 heavy (non-hydrogen) atoms. The smallest absolute Gasteiger partial charge is 0.191 e. The SMILES string of the molecule is CC[Si](CC)(CC)OCCC(C)O. The van der Waals surface area contributed by atoms with E-state index in [1.165, 1.54) is 18.1 Å². The van der Waals surface area contributed by atoms with Crippen LogP contribution in [0.5, 0.6) is 0 Å². The number of hydrogen-bond acceptors (Lipinski definition) is 2. The lowest BCUT2D eigenvalue weighted by Gasteiger charge is -2.28. The molecule has 1 N–H and O–H groups in total. The molecule has 0 saturated heterocycles. The van der Waals surface area contributed by atoms with Crippen molar-refractivity contribution in [3.63, 3.8) is 0 Å². The van der Waals surface area contributed by atoms with Crippen molar-refractivity contribution in [3.8, 4) is 0 Å². The van der Waals surface area contributed by atoms with Crippen LogP contribution >= 0.6 is 0 Å². The van der Waals surface area contributed by atoms with E-state index >= 15 is 0 Å². The van der Waals surface area contributed by atoms with E-state index in [1.807, 2.05) is 6.92 Å². The van der Waals surface area contributed by atoms with Crippen LogP contribution in [0.3, 0.4) is 0 Å². The third-order valence-electron chi connectivity index (χ3n) is 2.88. The Kier molecular flexibility index (Phi) is 6.64.